The van der Waals surface area contributed by atoms with Gasteiger partial charge in [-0.05, 0) is 128 Å². The van der Waals surface area contributed by atoms with Crippen LogP contribution in [0.4, 0.5) is 0 Å². The minimum atomic E-state index is -0.252. The third-order valence-corrected chi connectivity index (χ3v) is 14.0. The summed E-state index contributed by atoms with van der Waals surface area (Å²) in [5, 5.41) is 21.9. The Morgan fingerprint density at radius 2 is 1.65 bits per heavy atom. The van der Waals surface area contributed by atoms with E-state index in [0.717, 1.165) is 43.4 Å². The number of rotatable bonds is 6. The number of amides is 2. The van der Waals surface area contributed by atoms with E-state index in [9.17, 15) is 19.8 Å². The molecule has 8 heteroatoms. The van der Waals surface area contributed by atoms with Crippen LogP contribution in [-0.2, 0) is 9.59 Å². The van der Waals surface area contributed by atoms with Crippen LogP contribution < -0.4 is 9.47 Å². The van der Waals surface area contributed by atoms with Crippen LogP contribution in [0.2, 0.25) is 0 Å². The van der Waals surface area contributed by atoms with E-state index in [0.29, 0.717) is 73.9 Å². The number of piperazine rings is 1. The van der Waals surface area contributed by atoms with Gasteiger partial charge in [0.15, 0.2) is 11.5 Å². The van der Waals surface area contributed by atoms with Gasteiger partial charge in [0, 0.05) is 38.7 Å². The predicted molar refractivity (Wildman–Crippen MR) is 176 cm³/mol. The lowest BCUT2D eigenvalue weighted by Crippen LogP contribution is -2.58. The molecule has 7 rings (SSSR count). The van der Waals surface area contributed by atoms with Crippen LogP contribution in [0.1, 0.15) is 90.5 Å². The molecule has 0 spiro atoms. The van der Waals surface area contributed by atoms with Crippen molar-refractivity contribution < 1.29 is 29.3 Å². The fraction of sp³-hybridized carbons (Fsp3) is 0.737. The Balaban J connectivity index is 0.898. The number of hydrogen-bond acceptors (Lipinski definition) is 6. The molecule has 1 aromatic rings. The lowest BCUT2D eigenvalue weighted by atomic mass is 9.43. The quantitative estimate of drug-likeness (QED) is 0.401. The summed E-state index contributed by atoms with van der Waals surface area (Å²) in [6.45, 7) is 9.84. The van der Waals surface area contributed by atoms with Crippen molar-refractivity contribution in [3.63, 3.8) is 0 Å². The number of benzene rings is 1. The molecule has 2 heterocycles. The van der Waals surface area contributed by atoms with E-state index in [2.05, 4.69) is 20.8 Å². The molecule has 1 saturated heterocycles. The highest BCUT2D eigenvalue weighted by atomic mass is 16.7. The lowest BCUT2D eigenvalue weighted by molar-refractivity contribution is -0.174. The zero-order valence-electron chi connectivity index (χ0n) is 28.0. The minimum absolute atomic E-state index is 0.0363. The first-order valence-corrected chi connectivity index (χ1v) is 18.1. The van der Waals surface area contributed by atoms with Crippen molar-refractivity contribution in [2.75, 3.05) is 33.0 Å². The maximum Gasteiger partial charge on any atom is 0.246 e. The summed E-state index contributed by atoms with van der Waals surface area (Å²) in [6.07, 6.45) is 12.9. The van der Waals surface area contributed by atoms with Crippen LogP contribution in [0.3, 0.4) is 0 Å². The van der Waals surface area contributed by atoms with Crippen LogP contribution in [0, 0.1) is 46.3 Å². The van der Waals surface area contributed by atoms with E-state index in [1.807, 2.05) is 28.0 Å². The summed E-state index contributed by atoms with van der Waals surface area (Å²) >= 11 is 0. The molecule has 8 nitrogen and oxygen atoms in total. The Bertz CT molecular complexity index is 1340. The summed E-state index contributed by atoms with van der Waals surface area (Å²) in [6, 6.07) is 5.63. The SMILES string of the molecule is C[C@H](CCC(=O)N1CCN(C(=O)/C=C\c2ccc3c(c2)OCO3)CC1)[C@H]1CC[C@H]2[C@@H]3[C@@H](O)C[C@@H]4C[C@H](O)CC[C@]4(C)[C@H]3CC[C@]12C. The third-order valence-electron chi connectivity index (χ3n) is 14.0. The predicted octanol–water partition coefficient (Wildman–Crippen LogP) is 5.51. The number of ether oxygens (including phenoxy) is 2. The van der Waals surface area contributed by atoms with Crippen LogP contribution in [-0.4, -0.2) is 77.0 Å². The van der Waals surface area contributed by atoms with Crippen molar-refractivity contribution in [2.45, 2.75) is 97.2 Å². The standard InChI is InChI=1S/C38H54N2O6/c1-24(28-7-8-29-36-30(13-15-38(28,29)3)37(2)14-12-27(41)21-26(37)22-31(36)42)4-10-34(43)39-16-18-40(19-17-39)35(44)11-6-25-5-9-32-33(20-25)46-23-45-32/h5-6,9,11,20,24,26-31,36,41-42H,4,7-8,10,12-19,21-23H2,1-3H3/b11-6-/t24-,26+,27-,28-,29+,30+,31+,36+,37+,38-/m1/s1. The highest BCUT2D eigenvalue weighted by Gasteiger charge is 2.62. The molecule has 4 saturated carbocycles. The molecule has 6 aliphatic rings. The van der Waals surface area contributed by atoms with Crippen molar-refractivity contribution in [2.24, 2.45) is 46.3 Å². The number of carbonyl (C=O) groups is 2. The van der Waals surface area contributed by atoms with Gasteiger partial charge in [-0.15, -0.1) is 0 Å². The van der Waals surface area contributed by atoms with Crippen molar-refractivity contribution in [1.29, 1.82) is 0 Å². The smallest absolute Gasteiger partial charge is 0.246 e. The number of carbonyl (C=O) groups excluding carboxylic acids is 2. The molecule has 5 fully saturated rings. The largest absolute Gasteiger partial charge is 0.454 e. The molecule has 46 heavy (non-hydrogen) atoms. The van der Waals surface area contributed by atoms with Crippen LogP contribution in [0.15, 0.2) is 24.3 Å². The van der Waals surface area contributed by atoms with E-state index >= 15 is 0 Å². The topological polar surface area (TPSA) is 99.5 Å². The van der Waals surface area contributed by atoms with Gasteiger partial charge in [-0.2, -0.15) is 0 Å². The first-order chi connectivity index (χ1) is 22.1. The Morgan fingerprint density at radius 3 is 2.46 bits per heavy atom. The maximum atomic E-state index is 13.3. The molecule has 10 atom stereocenters. The van der Waals surface area contributed by atoms with Crippen molar-refractivity contribution in [1.82, 2.24) is 9.80 Å². The summed E-state index contributed by atoms with van der Waals surface area (Å²) in [4.78, 5) is 29.9. The monoisotopic (exact) mass is 634 g/mol. The first kappa shape index (κ1) is 32.0. The van der Waals surface area contributed by atoms with Gasteiger partial charge in [0.05, 0.1) is 12.2 Å². The van der Waals surface area contributed by atoms with Gasteiger partial charge < -0.3 is 29.5 Å². The van der Waals surface area contributed by atoms with E-state index in [1.54, 1.807) is 12.2 Å². The molecule has 0 unspecified atom stereocenters. The van der Waals surface area contributed by atoms with E-state index in [-0.39, 0.29) is 41.6 Å². The summed E-state index contributed by atoms with van der Waals surface area (Å²) in [5.74, 6) is 4.58. The summed E-state index contributed by atoms with van der Waals surface area (Å²) in [7, 11) is 0. The molecule has 0 bridgehead atoms. The average molecular weight is 635 g/mol. The molecule has 2 amide bonds. The molecular weight excluding hydrogens is 580 g/mol. The van der Waals surface area contributed by atoms with Gasteiger partial charge >= 0.3 is 0 Å². The minimum Gasteiger partial charge on any atom is -0.454 e. The Kier molecular flexibility index (Phi) is 8.67. The maximum absolute atomic E-state index is 13.3. The fourth-order valence-corrected chi connectivity index (χ4v) is 11.4. The van der Waals surface area contributed by atoms with E-state index in [4.69, 9.17) is 9.47 Å². The number of nitrogens with zero attached hydrogens (tertiary/aromatic N) is 2. The number of aliphatic hydroxyl groups is 2. The number of aliphatic hydroxyl groups excluding tert-OH is 2. The normalized spacial score (nSPS) is 39.1. The lowest BCUT2D eigenvalue weighted by Gasteiger charge is -2.62. The second-order valence-electron chi connectivity index (χ2n) is 16.1. The average Bonchev–Trinajstić information content (AvgIpc) is 3.67. The zero-order chi connectivity index (χ0) is 32.2. The van der Waals surface area contributed by atoms with Crippen molar-refractivity contribution in [3.05, 3.63) is 29.8 Å². The van der Waals surface area contributed by atoms with Crippen LogP contribution in [0.5, 0.6) is 11.5 Å². The van der Waals surface area contributed by atoms with Gasteiger partial charge in [-0.3, -0.25) is 9.59 Å². The van der Waals surface area contributed by atoms with E-state index < -0.39 is 0 Å². The molecule has 1 aromatic carbocycles. The van der Waals surface area contributed by atoms with Crippen molar-refractivity contribution >= 4 is 17.9 Å². The van der Waals surface area contributed by atoms with Gasteiger partial charge in [0.2, 0.25) is 18.6 Å². The molecule has 252 valence electrons. The van der Waals surface area contributed by atoms with Gasteiger partial charge in [-0.25, -0.2) is 0 Å². The van der Waals surface area contributed by atoms with Gasteiger partial charge in [0.25, 0.3) is 0 Å². The summed E-state index contributed by atoms with van der Waals surface area (Å²) in [5.41, 5.74) is 1.36. The second-order valence-corrected chi connectivity index (χ2v) is 16.1. The van der Waals surface area contributed by atoms with Gasteiger partial charge in [-0.1, -0.05) is 26.8 Å². The van der Waals surface area contributed by atoms with Crippen molar-refractivity contribution in [3.8, 4) is 11.5 Å². The summed E-state index contributed by atoms with van der Waals surface area (Å²) < 4.78 is 10.8. The van der Waals surface area contributed by atoms with Gasteiger partial charge in [0.1, 0.15) is 0 Å². The highest BCUT2D eigenvalue weighted by Crippen LogP contribution is 2.68. The highest BCUT2D eigenvalue weighted by molar-refractivity contribution is 5.92. The third kappa shape index (κ3) is 5.65. The second kappa shape index (κ2) is 12.5. The molecule has 2 N–H and O–H groups in total. The first-order valence-electron chi connectivity index (χ1n) is 18.1. The Labute approximate surface area is 274 Å². The molecular formula is C38H54N2O6. The van der Waals surface area contributed by atoms with Crippen LogP contribution >= 0.6 is 0 Å². The molecule has 0 aromatic heterocycles. The molecule has 0 radical (unpaired) electrons. The molecule has 2 aliphatic heterocycles. The Morgan fingerprint density at radius 1 is 0.935 bits per heavy atom. The van der Waals surface area contributed by atoms with Crippen LogP contribution in [0.25, 0.3) is 6.08 Å². The number of fused-ring (bicyclic) bond motifs is 6. The fourth-order valence-electron chi connectivity index (χ4n) is 11.4. The molecule has 4 aliphatic carbocycles. The number of hydrogen-bond donors (Lipinski definition) is 2. The van der Waals surface area contributed by atoms with E-state index in [1.165, 1.54) is 25.7 Å². The Hall–Kier alpha value is -2.58. The zero-order valence-corrected chi connectivity index (χ0v) is 28.0.